The topological polar surface area (TPSA) is 59.1 Å². The first-order valence-electron chi connectivity index (χ1n) is 6.70. The Morgan fingerprint density at radius 3 is 2.78 bits per heavy atom. The molecule has 7 heteroatoms. The number of fused-ring (bicyclic) bond motifs is 1. The first-order valence-corrected chi connectivity index (χ1v) is 8.56. The Bertz CT molecular complexity index is 1000. The molecule has 0 aliphatic heterocycles. The minimum atomic E-state index is -3.88. The zero-order valence-electron chi connectivity index (χ0n) is 12.0. The van der Waals surface area contributed by atoms with Gasteiger partial charge in [-0.2, -0.15) is 0 Å². The minimum Gasteiger partial charge on any atom is -0.278 e. The third kappa shape index (κ3) is 3.00. The Labute approximate surface area is 138 Å². The molecule has 0 bridgehead atoms. The van der Waals surface area contributed by atoms with Crippen LogP contribution in [0.15, 0.2) is 53.7 Å². The summed E-state index contributed by atoms with van der Waals surface area (Å²) in [6, 6.07) is 8.98. The molecular weight excluding hydrogens is 339 g/mol. The van der Waals surface area contributed by atoms with Crippen LogP contribution < -0.4 is 4.72 Å². The molecule has 0 atom stereocenters. The first kappa shape index (κ1) is 15.7. The van der Waals surface area contributed by atoms with Crippen molar-refractivity contribution in [3.8, 4) is 0 Å². The molecule has 0 unspecified atom stereocenters. The van der Waals surface area contributed by atoms with Crippen LogP contribution in [0.3, 0.4) is 0 Å². The molecule has 3 aromatic rings. The van der Waals surface area contributed by atoms with Crippen LogP contribution in [0.5, 0.6) is 0 Å². The maximum absolute atomic E-state index is 13.5. The molecule has 0 saturated heterocycles. The van der Waals surface area contributed by atoms with Gasteiger partial charge < -0.3 is 0 Å². The minimum absolute atomic E-state index is 0.00132. The Morgan fingerprint density at radius 1 is 1.22 bits per heavy atom. The normalized spacial score (nSPS) is 11.6. The molecule has 1 N–H and O–H groups in total. The number of hydrogen-bond donors (Lipinski definition) is 1. The zero-order chi connectivity index (χ0) is 16.6. The van der Waals surface area contributed by atoms with Crippen LogP contribution in [0.2, 0.25) is 5.02 Å². The second kappa shape index (κ2) is 5.79. The van der Waals surface area contributed by atoms with Gasteiger partial charge in [-0.3, -0.25) is 9.71 Å². The molecule has 1 heterocycles. The third-order valence-electron chi connectivity index (χ3n) is 3.42. The number of aromatic nitrogens is 1. The monoisotopic (exact) mass is 350 g/mol. The quantitative estimate of drug-likeness (QED) is 0.772. The number of aryl methyl sites for hydroxylation is 1. The van der Waals surface area contributed by atoms with Crippen molar-refractivity contribution >= 4 is 38.1 Å². The second-order valence-corrected chi connectivity index (χ2v) is 7.10. The van der Waals surface area contributed by atoms with E-state index in [2.05, 4.69) is 9.71 Å². The summed E-state index contributed by atoms with van der Waals surface area (Å²) >= 11 is 5.94. The molecule has 0 spiro atoms. The number of sulfonamides is 1. The number of rotatable bonds is 3. The van der Waals surface area contributed by atoms with Gasteiger partial charge in [-0.1, -0.05) is 23.7 Å². The van der Waals surface area contributed by atoms with Crippen molar-refractivity contribution < 1.29 is 12.8 Å². The molecule has 1 aromatic heterocycles. The van der Waals surface area contributed by atoms with Crippen LogP contribution in [-0.4, -0.2) is 13.4 Å². The molecule has 2 aromatic carbocycles. The predicted molar refractivity (Wildman–Crippen MR) is 88.7 cm³/mol. The summed E-state index contributed by atoms with van der Waals surface area (Å²) in [6.45, 7) is 1.53. The first-order chi connectivity index (χ1) is 10.9. The Kier molecular flexibility index (Phi) is 3.95. The molecule has 0 aliphatic carbocycles. The lowest BCUT2D eigenvalue weighted by molar-refractivity contribution is 0.601. The fourth-order valence-corrected chi connectivity index (χ4v) is 3.82. The van der Waals surface area contributed by atoms with E-state index in [1.807, 2.05) is 0 Å². The average molecular weight is 351 g/mol. The van der Waals surface area contributed by atoms with Crippen LogP contribution >= 0.6 is 11.6 Å². The second-order valence-electron chi connectivity index (χ2n) is 5.04. The lowest BCUT2D eigenvalue weighted by atomic mass is 10.2. The van der Waals surface area contributed by atoms with E-state index in [0.29, 0.717) is 16.3 Å². The Balaban J connectivity index is 2.10. The van der Waals surface area contributed by atoms with E-state index in [0.717, 1.165) is 6.07 Å². The summed E-state index contributed by atoms with van der Waals surface area (Å²) in [7, 11) is -3.88. The summed E-state index contributed by atoms with van der Waals surface area (Å²) in [5.41, 5.74) is 0.436. The number of hydrogen-bond acceptors (Lipinski definition) is 3. The summed E-state index contributed by atoms with van der Waals surface area (Å²) in [4.78, 5) is 4.08. The van der Waals surface area contributed by atoms with Crippen molar-refractivity contribution in [1.82, 2.24) is 4.98 Å². The highest BCUT2D eigenvalue weighted by Gasteiger charge is 2.19. The van der Waals surface area contributed by atoms with E-state index in [-0.39, 0.29) is 15.6 Å². The van der Waals surface area contributed by atoms with Gasteiger partial charge in [-0.15, -0.1) is 0 Å². The molecule has 118 valence electrons. The van der Waals surface area contributed by atoms with E-state index in [1.165, 1.54) is 25.3 Å². The van der Waals surface area contributed by atoms with E-state index in [4.69, 9.17) is 11.6 Å². The highest BCUT2D eigenvalue weighted by molar-refractivity contribution is 7.93. The number of pyridine rings is 1. The van der Waals surface area contributed by atoms with Gasteiger partial charge in [-0.05, 0) is 36.8 Å². The largest absolute Gasteiger partial charge is 0.278 e. The fraction of sp³-hybridized carbons (Fsp3) is 0.0625. The molecule has 23 heavy (non-hydrogen) atoms. The van der Waals surface area contributed by atoms with Crippen molar-refractivity contribution in [1.29, 1.82) is 0 Å². The zero-order valence-corrected chi connectivity index (χ0v) is 13.6. The number of nitrogens with zero attached hydrogens (tertiary/aromatic N) is 1. The smallest absolute Gasteiger partial charge is 0.262 e. The van der Waals surface area contributed by atoms with E-state index in [1.54, 1.807) is 24.4 Å². The maximum atomic E-state index is 13.5. The molecule has 3 rings (SSSR count). The fourth-order valence-electron chi connectivity index (χ4n) is 2.26. The van der Waals surface area contributed by atoms with Crippen molar-refractivity contribution in [3.05, 3.63) is 65.2 Å². The van der Waals surface area contributed by atoms with Gasteiger partial charge in [0.15, 0.2) is 0 Å². The molecule has 0 saturated carbocycles. The number of nitrogens with one attached hydrogen (secondary N) is 1. The summed E-state index contributed by atoms with van der Waals surface area (Å²) in [5, 5.41) is 1.25. The number of halogens is 2. The van der Waals surface area contributed by atoms with Crippen LogP contribution in [0.4, 0.5) is 10.1 Å². The highest BCUT2D eigenvalue weighted by atomic mass is 35.5. The van der Waals surface area contributed by atoms with E-state index in [9.17, 15) is 12.8 Å². The predicted octanol–water partition coefficient (Wildman–Crippen LogP) is 4.14. The summed E-state index contributed by atoms with van der Waals surface area (Å²) in [6.07, 6.45) is 3.11. The van der Waals surface area contributed by atoms with Gasteiger partial charge in [0, 0.05) is 23.2 Å². The van der Waals surface area contributed by atoms with E-state index < -0.39 is 15.8 Å². The summed E-state index contributed by atoms with van der Waals surface area (Å²) < 4.78 is 41.2. The summed E-state index contributed by atoms with van der Waals surface area (Å²) in [5.74, 6) is -0.491. The van der Waals surface area contributed by atoms with Crippen LogP contribution in [-0.2, 0) is 10.0 Å². The van der Waals surface area contributed by atoms with Crippen LogP contribution in [0.1, 0.15) is 5.56 Å². The highest BCUT2D eigenvalue weighted by Crippen LogP contribution is 2.29. The third-order valence-corrected chi connectivity index (χ3v) is 5.16. The Morgan fingerprint density at radius 2 is 2.00 bits per heavy atom. The maximum Gasteiger partial charge on any atom is 0.262 e. The van der Waals surface area contributed by atoms with Gasteiger partial charge in [0.05, 0.1) is 15.6 Å². The molecule has 0 aliphatic rings. The van der Waals surface area contributed by atoms with Gasteiger partial charge in [0.25, 0.3) is 10.0 Å². The number of anilines is 1. The molecule has 0 amide bonds. The van der Waals surface area contributed by atoms with Gasteiger partial charge >= 0.3 is 0 Å². The van der Waals surface area contributed by atoms with Crippen LogP contribution in [0, 0.1) is 12.7 Å². The molecule has 4 nitrogen and oxygen atoms in total. The van der Waals surface area contributed by atoms with Crippen LogP contribution in [0.25, 0.3) is 10.8 Å². The van der Waals surface area contributed by atoms with Crippen molar-refractivity contribution in [3.63, 3.8) is 0 Å². The standard InChI is InChI=1S/C16H12ClFN2O2S/c1-10-7-15(13(17)8-14(10)18)20-23(21,22)16-4-2-3-11-9-19-6-5-12(11)16/h2-9,20H,1H3. The van der Waals surface area contributed by atoms with Gasteiger partial charge in [-0.25, -0.2) is 12.8 Å². The lowest BCUT2D eigenvalue weighted by Gasteiger charge is -2.12. The number of benzene rings is 2. The molecular formula is C16H12ClFN2O2S. The van der Waals surface area contributed by atoms with Crippen molar-refractivity contribution in [2.24, 2.45) is 0 Å². The van der Waals surface area contributed by atoms with Gasteiger partial charge in [0.2, 0.25) is 0 Å². The van der Waals surface area contributed by atoms with Gasteiger partial charge in [0.1, 0.15) is 5.82 Å². The molecule has 0 fully saturated rings. The van der Waals surface area contributed by atoms with E-state index >= 15 is 0 Å². The SMILES string of the molecule is Cc1cc(NS(=O)(=O)c2cccc3cnccc23)c(Cl)cc1F. The Hall–Kier alpha value is -2.18. The molecule has 0 radical (unpaired) electrons. The average Bonchev–Trinajstić information content (AvgIpc) is 2.52. The van der Waals surface area contributed by atoms with Crippen molar-refractivity contribution in [2.45, 2.75) is 11.8 Å². The van der Waals surface area contributed by atoms with Crippen molar-refractivity contribution in [2.75, 3.05) is 4.72 Å². The lowest BCUT2D eigenvalue weighted by Crippen LogP contribution is -2.14.